The van der Waals surface area contributed by atoms with Gasteiger partial charge >= 0.3 is 0 Å². The highest BCUT2D eigenvalue weighted by Gasteiger charge is 2.15. The second kappa shape index (κ2) is 5.13. The van der Waals surface area contributed by atoms with E-state index in [9.17, 15) is 5.11 Å². The van der Waals surface area contributed by atoms with Crippen LogP contribution >= 0.6 is 0 Å². The summed E-state index contributed by atoms with van der Waals surface area (Å²) in [5, 5.41) is 14.2. The van der Waals surface area contributed by atoms with E-state index in [1.165, 1.54) is 11.9 Å². The van der Waals surface area contributed by atoms with Crippen molar-refractivity contribution in [2.75, 3.05) is 0 Å². The smallest absolute Gasteiger partial charge is 0.138 e. The minimum atomic E-state index is -0.545. The van der Waals surface area contributed by atoms with Gasteiger partial charge in [-0.25, -0.2) is 4.98 Å². The van der Waals surface area contributed by atoms with E-state index in [2.05, 4.69) is 43.0 Å². The van der Waals surface area contributed by atoms with Gasteiger partial charge in [0.2, 0.25) is 0 Å². The van der Waals surface area contributed by atoms with Crippen molar-refractivity contribution in [3.8, 4) is 0 Å². The number of rotatable bonds is 3. The predicted molar refractivity (Wildman–Crippen MR) is 74.8 cm³/mol. The summed E-state index contributed by atoms with van der Waals surface area (Å²) in [5.74, 6) is 0.785. The normalized spacial score (nSPS) is 13.5. The first-order valence-corrected chi connectivity index (χ1v) is 6.49. The van der Waals surface area contributed by atoms with Gasteiger partial charge in [0.1, 0.15) is 12.2 Å². The molecule has 4 nitrogen and oxygen atoms in total. The monoisotopic (exact) mass is 259 g/mol. The van der Waals surface area contributed by atoms with Crippen molar-refractivity contribution in [1.29, 1.82) is 0 Å². The molecule has 0 aliphatic rings. The summed E-state index contributed by atoms with van der Waals surface area (Å²) in [5.41, 5.74) is 2.31. The summed E-state index contributed by atoms with van der Waals surface area (Å²) in [6.45, 7) is 6.54. The number of nitrogens with zero attached hydrogens (tertiary/aromatic N) is 3. The molecule has 4 heteroatoms. The van der Waals surface area contributed by atoms with Crippen LogP contribution in [-0.4, -0.2) is 19.9 Å². The van der Waals surface area contributed by atoms with Gasteiger partial charge in [0.15, 0.2) is 0 Å². The van der Waals surface area contributed by atoms with Crippen molar-refractivity contribution in [1.82, 2.24) is 14.8 Å². The van der Waals surface area contributed by atoms with Crippen molar-refractivity contribution in [3.05, 3.63) is 47.5 Å². The van der Waals surface area contributed by atoms with Crippen LogP contribution in [0.5, 0.6) is 0 Å². The Kier molecular flexibility index (Phi) is 3.71. The molecule has 0 aliphatic heterocycles. The van der Waals surface area contributed by atoms with Crippen LogP contribution in [0.1, 0.15) is 43.8 Å². The predicted octanol–water partition coefficient (Wildman–Crippen LogP) is 2.39. The average Bonchev–Trinajstić information content (AvgIpc) is 2.74. The number of aromatic nitrogens is 3. The van der Waals surface area contributed by atoms with E-state index < -0.39 is 6.10 Å². The maximum atomic E-state index is 10.2. The average molecular weight is 259 g/mol. The van der Waals surface area contributed by atoms with Gasteiger partial charge in [-0.3, -0.25) is 4.68 Å². The molecule has 2 aromatic rings. The van der Waals surface area contributed by atoms with Gasteiger partial charge in [-0.1, -0.05) is 45.0 Å². The molecule has 1 aromatic carbocycles. The molecule has 1 N–H and O–H groups in total. The van der Waals surface area contributed by atoms with Gasteiger partial charge in [-0.15, -0.1) is 0 Å². The molecular formula is C15H21N3O. The zero-order valence-electron chi connectivity index (χ0n) is 12.0. The summed E-state index contributed by atoms with van der Waals surface area (Å²) < 4.78 is 1.69. The Bertz CT molecular complexity index is 537. The van der Waals surface area contributed by atoms with Crippen LogP contribution in [0.25, 0.3) is 0 Å². The van der Waals surface area contributed by atoms with E-state index in [1.54, 1.807) is 4.68 Å². The Balaban J connectivity index is 2.12. The highest BCUT2D eigenvalue weighted by Crippen LogP contribution is 2.24. The van der Waals surface area contributed by atoms with Gasteiger partial charge in [-0.05, 0) is 16.5 Å². The summed E-state index contributed by atoms with van der Waals surface area (Å²) in [6.07, 6.45) is 1.44. The van der Waals surface area contributed by atoms with Gasteiger partial charge in [0.25, 0.3) is 0 Å². The fourth-order valence-electron chi connectivity index (χ4n) is 2.00. The summed E-state index contributed by atoms with van der Waals surface area (Å²) in [6, 6.07) is 8.13. The molecule has 0 bridgehead atoms. The SMILES string of the molecule is Cn1ncnc1CC(O)c1ccc(C(C)(C)C)cc1. The van der Waals surface area contributed by atoms with E-state index >= 15 is 0 Å². The molecule has 0 fully saturated rings. The lowest BCUT2D eigenvalue weighted by Gasteiger charge is -2.20. The summed E-state index contributed by atoms with van der Waals surface area (Å²) in [7, 11) is 1.83. The number of hydrogen-bond acceptors (Lipinski definition) is 3. The zero-order valence-corrected chi connectivity index (χ0v) is 12.0. The van der Waals surface area contributed by atoms with Crippen molar-refractivity contribution < 1.29 is 5.11 Å². The second-order valence-corrected chi connectivity index (χ2v) is 5.89. The lowest BCUT2D eigenvalue weighted by Crippen LogP contribution is -2.12. The molecule has 19 heavy (non-hydrogen) atoms. The van der Waals surface area contributed by atoms with Crippen LogP contribution in [0.15, 0.2) is 30.6 Å². The third-order valence-corrected chi connectivity index (χ3v) is 3.34. The molecular weight excluding hydrogens is 238 g/mol. The third kappa shape index (κ3) is 3.20. The first-order chi connectivity index (χ1) is 8.88. The summed E-state index contributed by atoms with van der Waals surface area (Å²) in [4.78, 5) is 4.13. The molecule has 1 aromatic heterocycles. The van der Waals surface area contributed by atoms with Crippen molar-refractivity contribution in [2.45, 2.75) is 38.7 Å². The zero-order chi connectivity index (χ0) is 14.0. The number of aliphatic hydroxyl groups excluding tert-OH is 1. The Morgan fingerprint density at radius 3 is 2.32 bits per heavy atom. The Labute approximate surface area is 114 Å². The van der Waals surface area contributed by atoms with Gasteiger partial charge in [0.05, 0.1) is 6.10 Å². The first kappa shape index (κ1) is 13.7. The van der Waals surface area contributed by atoms with E-state index in [0.29, 0.717) is 6.42 Å². The van der Waals surface area contributed by atoms with E-state index in [0.717, 1.165) is 11.4 Å². The van der Waals surface area contributed by atoms with E-state index in [4.69, 9.17) is 0 Å². The number of benzene rings is 1. The Morgan fingerprint density at radius 2 is 1.84 bits per heavy atom. The largest absolute Gasteiger partial charge is 0.388 e. The molecule has 0 aliphatic carbocycles. The molecule has 1 heterocycles. The molecule has 0 radical (unpaired) electrons. The molecule has 0 spiro atoms. The quantitative estimate of drug-likeness (QED) is 0.920. The van der Waals surface area contributed by atoms with Crippen molar-refractivity contribution in [3.63, 3.8) is 0 Å². The minimum Gasteiger partial charge on any atom is -0.388 e. The van der Waals surface area contributed by atoms with E-state index in [-0.39, 0.29) is 5.41 Å². The lowest BCUT2D eigenvalue weighted by molar-refractivity contribution is 0.174. The number of aryl methyl sites for hydroxylation is 1. The van der Waals surface area contributed by atoms with Crippen molar-refractivity contribution in [2.24, 2.45) is 7.05 Å². The van der Waals surface area contributed by atoms with Gasteiger partial charge in [-0.2, -0.15) is 5.10 Å². The minimum absolute atomic E-state index is 0.132. The summed E-state index contributed by atoms with van der Waals surface area (Å²) >= 11 is 0. The number of hydrogen-bond donors (Lipinski definition) is 1. The van der Waals surface area contributed by atoms with Crippen LogP contribution < -0.4 is 0 Å². The Hall–Kier alpha value is -1.68. The topological polar surface area (TPSA) is 50.9 Å². The number of aliphatic hydroxyl groups is 1. The second-order valence-electron chi connectivity index (χ2n) is 5.89. The fourth-order valence-corrected chi connectivity index (χ4v) is 2.00. The molecule has 1 unspecified atom stereocenters. The molecule has 102 valence electrons. The first-order valence-electron chi connectivity index (χ1n) is 6.49. The highest BCUT2D eigenvalue weighted by atomic mass is 16.3. The molecule has 1 atom stereocenters. The molecule has 0 saturated carbocycles. The van der Waals surface area contributed by atoms with Gasteiger partial charge in [0, 0.05) is 13.5 Å². The van der Waals surface area contributed by atoms with Crippen LogP contribution in [-0.2, 0) is 18.9 Å². The van der Waals surface area contributed by atoms with Crippen molar-refractivity contribution >= 4 is 0 Å². The molecule has 0 amide bonds. The Morgan fingerprint density at radius 1 is 1.21 bits per heavy atom. The standard InChI is InChI=1S/C15H21N3O/c1-15(2,3)12-7-5-11(6-8-12)13(19)9-14-16-10-17-18(14)4/h5-8,10,13,19H,9H2,1-4H3. The van der Waals surface area contributed by atoms with Gasteiger partial charge < -0.3 is 5.11 Å². The van der Waals surface area contributed by atoms with Crippen LogP contribution in [0.3, 0.4) is 0 Å². The van der Waals surface area contributed by atoms with Crippen LogP contribution in [0, 0.1) is 0 Å². The van der Waals surface area contributed by atoms with Crippen LogP contribution in [0.4, 0.5) is 0 Å². The van der Waals surface area contributed by atoms with E-state index in [1.807, 2.05) is 19.2 Å². The third-order valence-electron chi connectivity index (χ3n) is 3.34. The maximum Gasteiger partial charge on any atom is 0.138 e. The maximum absolute atomic E-state index is 10.2. The molecule has 0 saturated heterocycles. The lowest BCUT2D eigenvalue weighted by atomic mass is 9.86. The fraction of sp³-hybridized carbons (Fsp3) is 0.467. The van der Waals surface area contributed by atoms with Crippen LogP contribution in [0.2, 0.25) is 0 Å². The highest BCUT2D eigenvalue weighted by molar-refractivity contribution is 5.28. The molecule has 2 rings (SSSR count).